The van der Waals surface area contributed by atoms with Gasteiger partial charge in [-0.25, -0.2) is 18.2 Å². The Morgan fingerprint density at radius 1 is 1.42 bits per heavy atom. The molecule has 2 heterocycles. The zero-order chi connectivity index (χ0) is 17.9. The van der Waals surface area contributed by atoms with Gasteiger partial charge in [-0.05, 0) is 13.2 Å². The van der Waals surface area contributed by atoms with Gasteiger partial charge >= 0.3 is 0 Å². The molecule has 0 radical (unpaired) electrons. The number of nitrogens with zero attached hydrogens (tertiary/aromatic N) is 2. The minimum atomic E-state index is -2.50. The molecule has 2 N–H and O–H groups in total. The van der Waals surface area contributed by atoms with Crippen LogP contribution in [-0.4, -0.2) is 46.8 Å². The molecule has 2 rings (SSSR count). The number of fused-ring (bicyclic) bond motifs is 1. The third-order valence-electron chi connectivity index (χ3n) is 2.98. The van der Waals surface area contributed by atoms with Gasteiger partial charge in [0.15, 0.2) is 16.1 Å². The van der Waals surface area contributed by atoms with Crippen LogP contribution in [0.5, 0.6) is 5.88 Å². The van der Waals surface area contributed by atoms with Crippen LogP contribution in [-0.2, 0) is 0 Å². The van der Waals surface area contributed by atoms with Crippen molar-refractivity contribution in [2.75, 3.05) is 19.4 Å². The van der Waals surface area contributed by atoms with Gasteiger partial charge in [-0.2, -0.15) is 4.98 Å². The summed E-state index contributed by atoms with van der Waals surface area (Å²) in [5.41, 5.74) is -0.887. The lowest BCUT2D eigenvalue weighted by Crippen LogP contribution is -2.35. The second-order valence-electron chi connectivity index (χ2n) is 4.83. The summed E-state index contributed by atoms with van der Waals surface area (Å²) in [7, 11) is 0. The number of H-pyrrole nitrogens is 1. The van der Waals surface area contributed by atoms with Crippen molar-refractivity contribution in [3.8, 4) is 5.88 Å². The molecule has 2 aromatic rings. The summed E-state index contributed by atoms with van der Waals surface area (Å²) in [6.45, 7) is 1.05. The number of thioether (sulfide) groups is 1. The van der Waals surface area contributed by atoms with E-state index in [1.165, 1.54) is 0 Å². The van der Waals surface area contributed by atoms with E-state index in [1.54, 1.807) is 13.2 Å². The predicted octanol–water partition coefficient (Wildman–Crippen LogP) is 2.45. The summed E-state index contributed by atoms with van der Waals surface area (Å²) >= 11 is 6.85. The molecule has 0 saturated carbocycles. The molecule has 0 saturated heterocycles. The molecule has 6 nitrogen and oxygen atoms in total. The Labute approximate surface area is 144 Å². The standard InChI is InChI=1S/C13H14ClF3N4O2S/c1-5(18-3-6(15)16)4-23-12-7-9(8(17)10(14)20-12)19-13(24-2)21-11(7)22/h5-6,18H,3-4H2,1-2H3,(H,19,21,22)/t5-/m0/s1. The summed E-state index contributed by atoms with van der Waals surface area (Å²) in [5, 5.41) is 2.08. The lowest BCUT2D eigenvalue weighted by molar-refractivity contribution is 0.137. The number of aromatic amines is 1. The number of ether oxygens (including phenoxy) is 1. The van der Waals surface area contributed by atoms with Gasteiger partial charge in [0.05, 0.1) is 6.54 Å². The van der Waals surface area contributed by atoms with Crippen LogP contribution >= 0.6 is 23.4 Å². The van der Waals surface area contributed by atoms with Crippen molar-refractivity contribution >= 4 is 34.3 Å². The van der Waals surface area contributed by atoms with Crippen LogP contribution in [0.4, 0.5) is 13.2 Å². The number of hydrogen-bond donors (Lipinski definition) is 2. The topological polar surface area (TPSA) is 79.9 Å². The second kappa shape index (κ2) is 8.04. The highest BCUT2D eigenvalue weighted by atomic mass is 35.5. The third-order valence-corrected chi connectivity index (χ3v) is 3.81. The number of rotatable bonds is 7. The van der Waals surface area contributed by atoms with Crippen LogP contribution in [0.25, 0.3) is 10.9 Å². The Morgan fingerprint density at radius 3 is 2.75 bits per heavy atom. The average Bonchev–Trinajstić information content (AvgIpc) is 2.54. The highest BCUT2D eigenvalue weighted by molar-refractivity contribution is 7.98. The molecule has 132 valence electrons. The van der Waals surface area contributed by atoms with Crippen LogP contribution in [0, 0.1) is 5.82 Å². The minimum Gasteiger partial charge on any atom is -0.475 e. The lowest BCUT2D eigenvalue weighted by atomic mass is 10.3. The largest absolute Gasteiger partial charge is 0.475 e. The van der Waals surface area contributed by atoms with Crippen LogP contribution in [0.2, 0.25) is 5.15 Å². The molecule has 0 aliphatic rings. The second-order valence-corrected chi connectivity index (χ2v) is 5.98. The van der Waals surface area contributed by atoms with Crippen LogP contribution in [0.1, 0.15) is 6.92 Å². The van der Waals surface area contributed by atoms with Crippen molar-refractivity contribution in [2.24, 2.45) is 0 Å². The number of aromatic nitrogens is 3. The third kappa shape index (κ3) is 4.31. The smallest absolute Gasteiger partial charge is 0.265 e. The predicted molar refractivity (Wildman–Crippen MR) is 85.9 cm³/mol. The lowest BCUT2D eigenvalue weighted by Gasteiger charge is -2.15. The molecule has 0 unspecified atom stereocenters. The summed E-state index contributed by atoms with van der Waals surface area (Å²) in [6, 6.07) is -0.447. The van der Waals surface area contributed by atoms with Crippen molar-refractivity contribution in [3.05, 3.63) is 21.3 Å². The molecule has 0 aliphatic heterocycles. The highest BCUT2D eigenvalue weighted by Crippen LogP contribution is 2.27. The van der Waals surface area contributed by atoms with E-state index in [9.17, 15) is 18.0 Å². The summed E-state index contributed by atoms with van der Waals surface area (Å²) in [4.78, 5) is 22.3. The van der Waals surface area contributed by atoms with Crippen molar-refractivity contribution < 1.29 is 17.9 Å². The van der Waals surface area contributed by atoms with Gasteiger partial charge in [0.2, 0.25) is 5.88 Å². The van der Waals surface area contributed by atoms with E-state index >= 15 is 0 Å². The number of alkyl halides is 2. The van der Waals surface area contributed by atoms with E-state index in [4.69, 9.17) is 16.3 Å². The maximum Gasteiger partial charge on any atom is 0.265 e. The van der Waals surface area contributed by atoms with Crippen LogP contribution < -0.4 is 15.6 Å². The van der Waals surface area contributed by atoms with Gasteiger partial charge in [0, 0.05) is 6.04 Å². The van der Waals surface area contributed by atoms with Gasteiger partial charge in [0.25, 0.3) is 12.0 Å². The number of nitrogens with one attached hydrogen (secondary N) is 2. The van der Waals surface area contributed by atoms with Crippen LogP contribution in [0.15, 0.2) is 9.95 Å². The molecule has 0 aliphatic carbocycles. The molecule has 11 heteroatoms. The van der Waals surface area contributed by atoms with E-state index in [0.717, 1.165) is 11.8 Å². The Kier molecular flexibility index (Phi) is 6.30. The Balaban J connectivity index is 2.33. The first-order chi connectivity index (χ1) is 11.3. The van der Waals surface area contributed by atoms with Crippen molar-refractivity contribution in [3.63, 3.8) is 0 Å². The monoisotopic (exact) mass is 382 g/mol. The van der Waals surface area contributed by atoms with E-state index < -0.39 is 35.5 Å². The Morgan fingerprint density at radius 2 is 2.12 bits per heavy atom. The normalized spacial score (nSPS) is 12.8. The highest BCUT2D eigenvalue weighted by Gasteiger charge is 2.20. The molecule has 0 fully saturated rings. The molecule has 0 bridgehead atoms. The maximum atomic E-state index is 14.1. The van der Waals surface area contributed by atoms with E-state index in [-0.39, 0.29) is 28.5 Å². The summed E-state index contributed by atoms with van der Waals surface area (Å²) < 4.78 is 43.8. The quantitative estimate of drug-likeness (QED) is 0.435. The average molecular weight is 383 g/mol. The van der Waals surface area contributed by atoms with Gasteiger partial charge in [-0.15, -0.1) is 0 Å². The summed E-state index contributed by atoms with van der Waals surface area (Å²) in [6.07, 6.45) is -0.831. The summed E-state index contributed by atoms with van der Waals surface area (Å²) in [5.74, 6) is -1.13. The van der Waals surface area contributed by atoms with Crippen molar-refractivity contribution in [2.45, 2.75) is 24.5 Å². The first-order valence-corrected chi connectivity index (χ1v) is 8.41. The first-order valence-electron chi connectivity index (χ1n) is 6.80. The number of hydrogen-bond acceptors (Lipinski definition) is 6. The molecule has 2 aromatic heterocycles. The van der Waals surface area contributed by atoms with Gasteiger partial charge in [0.1, 0.15) is 17.5 Å². The fraction of sp³-hybridized carbons (Fsp3) is 0.462. The molecular formula is C13H14ClF3N4O2S. The molecular weight excluding hydrogens is 369 g/mol. The van der Waals surface area contributed by atoms with E-state index in [0.29, 0.717) is 0 Å². The van der Waals surface area contributed by atoms with E-state index in [2.05, 4.69) is 20.3 Å². The molecule has 0 amide bonds. The molecule has 0 aromatic carbocycles. The Hall–Kier alpha value is -1.52. The fourth-order valence-corrected chi connectivity index (χ4v) is 2.40. The molecule has 1 atom stereocenters. The number of halogens is 4. The van der Waals surface area contributed by atoms with Crippen molar-refractivity contribution in [1.82, 2.24) is 20.3 Å². The zero-order valence-corrected chi connectivity index (χ0v) is 14.3. The number of pyridine rings is 1. The van der Waals surface area contributed by atoms with Gasteiger partial charge in [-0.3, -0.25) is 4.79 Å². The fourth-order valence-electron chi connectivity index (χ4n) is 1.86. The maximum absolute atomic E-state index is 14.1. The molecule has 24 heavy (non-hydrogen) atoms. The molecule has 0 spiro atoms. The first kappa shape index (κ1) is 18.8. The Bertz CT molecular complexity index is 790. The van der Waals surface area contributed by atoms with Gasteiger partial charge in [-0.1, -0.05) is 23.4 Å². The van der Waals surface area contributed by atoms with E-state index in [1.807, 2.05) is 0 Å². The minimum absolute atomic E-state index is 0.0689. The van der Waals surface area contributed by atoms with Gasteiger partial charge < -0.3 is 15.0 Å². The zero-order valence-electron chi connectivity index (χ0n) is 12.7. The SMILES string of the molecule is CSc1nc2c(F)c(Cl)nc(OC[C@H](C)NCC(F)F)c2c(=O)[nH]1. The van der Waals surface area contributed by atoms with Crippen molar-refractivity contribution in [1.29, 1.82) is 0 Å². The van der Waals surface area contributed by atoms with Crippen LogP contribution in [0.3, 0.4) is 0 Å².